The lowest BCUT2D eigenvalue weighted by Crippen LogP contribution is -2.48. The Morgan fingerprint density at radius 1 is 1.21 bits per heavy atom. The van der Waals surface area contributed by atoms with Crippen molar-refractivity contribution < 1.29 is 14.0 Å². The second-order valence-electron chi connectivity index (χ2n) is 7.17. The zero-order valence-electron chi connectivity index (χ0n) is 15.6. The summed E-state index contributed by atoms with van der Waals surface area (Å²) in [6, 6.07) is 11.6. The van der Waals surface area contributed by atoms with E-state index in [2.05, 4.69) is 15.7 Å². The molecule has 1 atom stereocenters. The van der Waals surface area contributed by atoms with Gasteiger partial charge in [0.2, 0.25) is 11.8 Å². The second kappa shape index (κ2) is 8.21. The van der Waals surface area contributed by atoms with Crippen LogP contribution in [0.25, 0.3) is 10.9 Å². The van der Waals surface area contributed by atoms with Crippen molar-refractivity contribution in [1.29, 1.82) is 0 Å². The Kier molecular flexibility index (Phi) is 5.49. The van der Waals surface area contributed by atoms with Gasteiger partial charge in [-0.15, -0.1) is 0 Å². The molecule has 1 aliphatic rings. The first-order valence-electron chi connectivity index (χ1n) is 9.43. The van der Waals surface area contributed by atoms with Crippen LogP contribution in [0.4, 0.5) is 4.39 Å². The summed E-state index contributed by atoms with van der Waals surface area (Å²) in [5.74, 6) is -1.07. The molecule has 6 nitrogen and oxygen atoms in total. The fourth-order valence-corrected chi connectivity index (χ4v) is 3.51. The van der Waals surface area contributed by atoms with Gasteiger partial charge in [0, 0.05) is 17.5 Å². The molecule has 0 radical (unpaired) electrons. The smallest absolute Gasteiger partial charge is 0.243 e. The lowest BCUT2D eigenvalue weighted by atomic mass is 10.1. The number of hydrogen-bond donors (Lipinski definition) is 2. The quantitative estimate of drug-likeness (QED) is 0.624. The minimum absolute atomic E-state index is 0.00805. The van der Waals surface area contributed by atoms with E-state index in [4.69, 9.17) is 11.6 Å². The number of aromatic nitrogens is 2. The summed E-state index contributed by atoms with van der Waals surface area (Å²) in [5, 5.41) is 10.7. The lowest BCUT2D eigenvalue weighted by Gasteiger charge is -2.18. The van der Waals surface area contributed by atoms with E-state index in [1.54, 1.807) is 23.0 Å². The zero-order valence-corrected chi connectivity index (χ0v) is 16.3. The molecule has 3 aromatic rings. The number of amides is 2. The summed E-state index contributed by atoms with van der Waals surface area (Å²) in [4.78, 5) is 25.2. The van der Waals surface area contributed by atoms with E-state index >= 15 is 0 Å². The van der Waals surface area contributed by atoms with Gasteiger partial charge < -0.3 is 10.6 Å². The molecule has 150 valence electrons. The maximum Gasteiger partial charge on any atom is 0.243 e. The summed E-state index contributed by atoms with van der Waals surface area (Å²) < 4.78 is 15.6. The van der Waals surface area contributed by atoms with E-state index in [-0.39, 0.29) is 35.8 Å². The van der Waals surface area contributed by atoms with Crippen LogP contribution in [0, 0.1) is 11.7 Å². The predicted molar refractivity (Wildman–Crippen MR) is 108 cm³/mol. The molecule has 29 heavy (non-hydrogen) atoms. The molecule has 2 amide bonds. The highest BCUT2D eigenvalue weighted by Crippen LogP contribution is 2.33. The van der Waals surface area contributed by atoms with Crippen LogP contribution in [0.3, 0.4) is 0 Å². The molecule has 8 heteroatoms. The third kappa shape index (κ3) is 4.40. The molecule has 1 saturated carbocycles. The molecule has 0 aliphatic heterocycles. The number of halogens is 2. The van der Waals surface area contributed by atoms with Crippen molar-refractivity contribution in [2.75, 3.05) is 0 Å². The van der Waals surface area contributed by atoms with E-state index < -0.39 is 11.9 Å². The van der Waals surface area contributed by atoms with Crippen molar-refractivity contribution in [2.24, 2.45) is 5.92 Å². The summed E-state index contributed by atoms with van der Waals surface area (Å²) in [5.41, 5.74) is 1.15. The normalized spacial score (nSPS) is 14.6. The Balaban J connectivity index is 1.39. The molecule has 0 unspecified atom stereocenters. The van der Waals surface area contributed by atoms with Gasteiger partial charge in [0.05, 0.1) is 16.7 Å². The number of carbonyl (C=O) groups excluding carboxylic acids is 2. The van der Waals surface area contributed by atoms with Gasteiger partial charge in [0.1, 0.15) is 18.4 Å². The van der Waals surface area contributed by atoms with E-state index in [0.717, 1.165) is 23.7 Å². The highest BCUT2D eigenvalue weighted by atomic mass is 35.5. The number of fused-ring (bicyclic) bond motifs is 1. The zero-order chi connectivity index (χ0) is 20.4. The van der Waals surface area contributed by atoms with Crippen molar-refractivity contribution in [3.63, 3.8) is 0 Å². The molecule has 4 rings (SSSR count). The van der Waals surface area contributed by atoms with Crippen LogP contribution in [0.2, 0.25) is 5.02 Å². The minimum Gasteiger partial charge on any atom is -0.350 e. The van der Waals surface area contributed by atoms with Crippen molar-refractivity contribution in [2.45, 2.75) is 32.0 Å². The van der Waals surface area contributed by atoms with Crippen LogP contribution in [-0.2, 0) is 22.7 Å². The fraction of sp³-hybridized carbons (Fsp3) is 0.286. The summed E-state index contributed by atoms with van der Waals surface area (Å²) in [7, 11) is 0. The highest BCUT2D eigenvalue weighted by molar-refractivity contribution is 6.30. The molecule has 1 aliphatic carbocycles. The van der Waals surface area contributed by atoms with E-state index in [9.17, 15) is 14.0 Å². The van der Waals surface area contributed by atoms with E-state index in [1.807, 2.05) is 24.3 Å². The number of rotatable bonds is 7. The van der Waals surface area contributed by atoms with Crippen LogP contribution in [0.1, 0.15) is 18.4 Å². The first-order valence-corrected chi connectivity index (χ1v) is 9.81. The lowest BCUT2D eigenvalue weighted by molar-refractivity contribution is -0.130. The van der Waals surface area contributed by atoms with Crippen LogP contribution in [-0.4, -0.2) is 27.6 Å². The summed E-state index contributed by atoms with van der Waals surface area (Å²) >= 11 is 5.78. The third-order valence-electron chi connectivity index (χ3n) is 5.02. The van der Waals surface area contributed by atoms with E-state index in [1.165, 1.54) is 6.07 Å². The molecular weight excluding hydrogens is 395 g/mol. The van der Waals surface area contributed by atoms with Gasteiger partial charge in [-0.2, -0.15) is 5.10 Å². The first kappa shape index (κ1) is 19.4. The van der Waals surface area contributed by atoms with Crippen molar-refractivity contribution in [3.8, 4) is 0 Å². The second-order valence-corrected chi connectivity index (χ2v) is 7.58. The largest absolute Gasteiger partial charge is 0.350 e. The number of para-hydroxylation sites is 1. The molecule has 2 aromatic carbocycles. The first-order chi connectivity index (χ1) is 14.0. The van der Waals surface area contributed by atoms with Gasteiger partial charge in [-0.3, -0.25) is 14.3 Å². The molecule has 1 aromatic heterocycles. The summed E-state index contributed by atoms with van der Waals surface area (Å²) in [6.45, 7) is 0.0288. The average molecular weight is 415 g/mol. The fourth-order valence-electron chi connectivity index (χ4n) is 3.31. The highest BCUT2D eigenvalue weighted by Gasteiger charge is 2.37. The van der Waals surface area contributed by atoms with Gasteiger partial charge in [0.25, 0.3) is 0 Å². The molecule has 1 heterocycles. The summed E-state index contributed by atoms with van der Waals surface area (Å²) in [6.07, 6.45) is 3.44. The van der Waals surface area contributed by atoms with Crippen LogP contribution in [0.15, 0.2) is 48.7 Å². The molecular formula is C21H20ClFN4O2. The van der Waals surface area contributed by atoms with Crippen LogP contribution >= 0.6 is 11.6 Å². The number of nitrogens with one attached hydrogen (secondary N) is 2. The Bertz CT molecular complexity index is 1060. The minimum atomic E-state index is -0.647. The van der Waals surface area contributed by atoms with Crippen LogP contribution < -0.4 is 10.6 Å². The maximum absolute atomic E-state index is 14.0. The Hall–Kier alpha value is -2.93. The molecule has 0 saturated heterocycles. The van der Waals surface area contributed by atoms with Crippen LogP contribution in [0.5, 0.6) is 0 Å². The van der Waals surface area contributed by atoms with Crippen molar-refractivity contribution in [1.82, 2.24) is 20.4 Å². The van der Waals surface area contributed by atoms with Gasteiger partial charge in [0.15, 0.2) is 0 Å². The van der Waals surface area contributed by atoms with Gasteiger partial charge in [-0.1, -0.05) is 41.9 Å². The third-order valence-corrected chi connectivity index (χ3v) is 5.31. The predicted octanol–water partition coefficient (Wildman–Crippen LogP) is 3.04. The van der Waals surface area contributed by atoms with Gasteiger partial charge in [-0.05, 0) is 30.9 Å². The molecule has 0 spiro atoms. The van der Waals surface area contributed by atoms with E-state index in [0.29, 0.717) is 5.56 Å². The monoisotopic (exact) mass is 414 g/mol. The molecule has 1 fully saturated rings. The van der Waals surface area contributed by atoms with Crippen molar-refractivity contribution in [3.05, 3.63) is 65.1 Å². The number of hydrogen-bond acceptors (Lipinski definition) is 3. The SMILES string of the molecule is O=C(Cn1ncc2ccccc21)N[C@H](C(=O)NCc1cccc(Cl)c1F)C1CC1. The standard InChI is InChI=1S/C21H20ClFN4O2/c22-16-6-3-5-15(19(16)23)10-24-21(29)20(13-8-9-13)26-18(28)12-27-17-7-2-1-4-14(17)11-25-27/h1-7,11,13,20H,8-10,12H2,(H,24,29)(H,26,28)/t20-/m0/s1. The molecule has 2 N–H and O–H groups in total. The Morgan fingerprint density at radius 2 is 2.00 bits per heavy atom. The number of carbonyl (C=O) groups is 2. The maximum atomic E-state index is 14.0. The number of nitrogens with zero attached hydrogens (tertiary/aromatic N) is 2. The molecule has 0 bridgehead atoms. The Morgan fingerprint density at radius 3 is 2.79 bits per heavy atom. The van der Waals surface area contributed by atoms with Gasteiger partial charge >= 0.3 is 0 Å². The van der Waals surface area contributed by atoms with Crippen molar-refractivity contribution >= 4 is 34.3 Å². The topological polar surface area (TPSA) is 76.0 Å². The number of benzene rings is 2. The Labute approximate surface area is 172 Å². The van der Waals surface area contributed by atoms with Gasteiger partial charge in [-0.25, -0.2) is 4.39 Å². The average Bonchev–Trinajstić information content (AvgIpc) is 3.48.